The Hall–Kier alpha value is -0.950. The van der Waals surface area contributed by atoms with E-state index in [4.69, 9.17) is 4.74 Å². The van der Waals surface area contributed by atoms with E-state index in [-0.39, 0.29) is 11.1 Å². The lowest BCUT2D eigenvalue weighted by Crippen LogP contribution is -2.18. The van der Waals surface area contributed by atoms with E-state index in [0.29, 0.717) is 24.8 Å². The standard InChI is InChI=1S/C13H17F3N2OS/c1-2-17-11-7-9(13(14,15)16)8-12(18-11)20-10-3-5-19-6-4-10/h7-8,10H,2-6H2,1H3,(H,17,18). The summed E-state index contributed by atoms with van der Waals surface area (Å²) in [6, 6.07) is 2.18. The highest BCUT2D eigenvalue weighted by molar-refractivity contribution is 7.99. The van der Waals surface area contributed by atoms with Gasteiger partial charge in [-0.2, -0.15) is 13.2 Å². The van der Waals surface area contributed by atoms with E-state index in [9.17, 15) is 13.2 Å². The van der Waals surface area contributed by atoms with Crippen LogP contribution in [-0.4, -0.2) is 30.0 Å². The second-order valence-corrected chi connectivity index (χ2v) is 5.86. The van der Waals surface area contributed by atoms with Gasteiger partial charge < -0.3 is 10.1 Å². The summed E-state index contributed by atoms with van der Waals surface area (Å²) in [7, 11) is 0. The van der Waals surface area contributed by atoms with Gasteiger partial charge in [-0.25, -0.2) is 4.98 Å². The summed E-state index contributed by atoms with van der Waals surface area (Å²) in [5.41, 5.74) is -0.655. The number of aromatic nitrogens is 1. The fraction of sp³-hybridized carbons (Fsp3) is 0.615. The fourth-order valence-electron chi connectivity index (χ4n) is 1.97. The average molecular weight is 306 g/mol. The van der Waals surface area contributed by atoms with Gasteiger partial charge in [-0.1, -0.05) is 0 Å². The molecular weight excluding hydrogens is 289 g/mol. The Labute approximate surface area is 120 Å². The van der Waals surface area contributed by atoms with Crippen LogP contribution in [0.25, 0.3) is 0 Å². The molecular formula is C13H17F3N2OS. The molecule has 0 aromatic carbocycles. The monoisotopic (exact) mass is 306 g/mol. The molecule has 1 aliphatic rings. The summed E-state index contributed by atoms with van der Waals surface area (Å²) in [6.07, 6.45) is -2.66. The molecule has 0 saturated carbocycles. The number of alkyl halides is 3. The molecule has 0 unspecified atom stereocenters. The molecule has 0 amide bonds. The lowest BCUT2D eigenvalue weighted by atomic mass is 10.2. The molecule has 1 aromatic rings. The third kappa shape index (κ3) is 4.28. The molecule has 0 atom stereocenters. The van der Waals surface area contributed by atoms with Crippen molar-refractivity contribution in [2.45, 2.75) is 36.2 Å². The van der Waals surface area contributed by atoms with Gasteiger partial charge in [0.15, 0.2) is 0 Å². The number of hydrogen-bond donors (Lipinski definition) is 1. The van der Waals surface area contributed by atoms with Crippen molar-refractivity contribution in [3.8, 4) is 0 Å². The second-order valence-electron chi connectivity index (χ2n) is 4.54. The zero-order valence-electron chi connectivity index (χ0n) is 11.2. The minimum Gasteiger partial charge on any atom is -0.381 e. The van der Waals surface area contributed by atoms with Crippen molar-refractivity contribution in [3.63, 3.8) is 0 Å². The molecule has 1 N–H and O–H groups in total. The first-order chi connectivity index (χ1) is 9.49. The number of nitrogens with one attached hydrogen (secondary N) is 1. The first kappa shape index (κ1) is 15.4. The highest BCUT2D eigenvalue weighted by atomic mass is 32.2. The van der Waals surface area contributed by atoms with Gasteiger partial charge in [0.05, 0.1) is 10.6 Å². The van der Waals surface area contributed by atoms with Crippen molar-refractivity contribution in [1.82, 2.24) is 4.98 Å². The van der Waals surface area contributed by atoms with Crippen LogP contribution in [0.15, 0.2) is 17.2 Å². The topological polar surface area (TPSA) is 34.1 Å². The quantitative estimate of drug-likeness (QED) is 0.917. The van der Waals surface area contributed by atoms with E-state index in [0.717, 1.165) is 25.0 Å². The van der Waals surface area contributed by atoms with Crippen LogP contribution in [0.2, 0.25) is 0 Å². The van der Waals surface area contributed by atoms with Crippen molar-refractivity contribution in [3.05, 3.63) is 17.7 Å². The Morgan fingerprint density at radius 3 is 2.65 bits per heavy atom. The first-order valence-electron chi connectivity index (χ1n) is 6.56. The number of pyridine rings is 1. The number of anilines is 1. The van der Waals surface area contributed by atoms with E-state index in [1.54, 1.807) is 0 Å². The van der Waals surface area contributed by atoms with Crippen LogP contribution in [0.3, 0.4) is 0 Å². The number of rotatable bonds is 4. The van der Waals surface area contributed by atoms with Crippen LogP contribution >= 0.6 is 11.8 Å². The largest absolute Gasteiger partial charge is 0.416 e. The van der Waals surface area contributed by atoms with Gasteiger partial charge in [0.1, 0.15) is 5.82 Å². The first-order valence-corrected chi connectivity index (χ1v) is 7.44. The molecule has 0 radical (unpaired) electrons. The van der Waals surface area contributed by atoms with Crippen LogP contribution in [0.5, 0.6) is 0 Å². The van der Waals surface area contributed by atoms with Crippen LogP contribution in [0, 0.1) is 0 Å². The molecule has 1 saturated heterocycles. The second kappa shape index (κ2) is 6.67. The third-order valence-electron chi connectivity index (χ3n) is 2.94. The van der Waals surface area contributed by atoms with Gasteiger partial charge in [-0.15, -0.1) is 11.8 Å². The maximum absolute atomic E-state index is 12.9. The maximum Gasteiger partial charge on any atom is 0.416 e. The molecule has 1 fully saturated rings. The Morgan fingerprint density at radius 2 is 2.05 bits per heavy atom. The summed E-state index contributed by atoms with van der Waals surface area (Å²) in [6.45, 7) is 3.69. The summed E-state index contributed by atoms with van der Waals surface area (Å²) in [4.78, 5) is 4.24. The fourth-order valence-corrected chi connectivity index (χ4v) is 3.08. The van der Waals surface area contributed by atoms with E-state index in [2.05, 4.69) is 10.3 Å². The van der Waals surface area contributed by atoms with Crippen LogP contribution in [0.4, 0.5) is 19.0 Å². The van der Waals surface area contributed by atoms with E-state index in [1.165, 1.54) is 11.8 Å². The van der Waals surface area contributed by atoms with Gasteiger partial charge in [0, 0.05) is 25.0 Å². The Kier molecular flexibility index (Phi) is 5.15. The molecule has 1 aromatic heterocycles. The van der Waals surface area contributed by atoms with E-state index < -0.39 is 11.7 Å². The highest BCUT2D eigenvalue weighted by Gasteiger charge is 2.32. The molecule has 112 valence electrons. The minimum absolute atomic E-state index is 0.272. The summed E-state index contributed by atoms with van der Waals surface area (Å²) >= 11 is 1.40. The normalized spacial score (nSPS) is 17.2. The smallest absolute Gasteiger partial charge is 0.381 e. The molecule has 2 heterocycles. The minimum atomic E-state index is -4.35. The van der Waals surface area contributed by atoms with Gasteiger partial charge >= 0.3 is 6.18 Å². The summed E-state index contributed by atoms with van der Waals surface area (Å²) in [5, 5.41) is 3.54. The number of nitrogens with zero attached hydrogens (tertiary/aromatic N) is 1. The molecule has 0 spiro atoms. The maximum atomic E-state index is 12.9. The van der Waals surface area contributed by atoms with Crippen LogP contribution in [-0.2, 0) is 10.9 Å². The van der Waals surface area contributed by atoms with Gasteiger partial charge in [0.25, 0.3) is 0 Å². The Morgan fingerprint density at radius 1 is 1.35 bits per heavy atom. The van der Waals surface area contributed by atoms with Crippen molar-refractivity contribution in [1.29, 1.82) is 0 Å². The molecule has 1 aliphatic heterocycles. The van der Waals surface area contributed by atoms with E-state index in [1.807, 2.05) is 6.92 Å². The Balaban J connectivity index is 2.19. The van der Waals surface area contributed by atoms with Crippen molar-refractivity contribution < 1.29 is 17.9 Å². The van der Waals surface area contributed by atoms with Gasteiger partial charge in [-0.3, -0.25) is 0 Å². The van der Waals surface area contributed by atoms with Crippen LogP contribution < -0.4 is 5.32 Å². The number of halogens is 3. The summed E-state index contributed by atoms with van der Waals surface area (Å²) in [5.74, 6) is 0.275. The third-order valence-corrected chi connectivity index (χ3v) is 4.20. The molecule has 3 nitrogen and oxygen atoms in total. The predicted molar refractivity (Wildman–Crippen MR) is 73.1 cm³/mol. The predicted octanol–water partition coefficient (Wildman–Crippen LogP) is 3.80. The highest BCUT2D eigenvalue weighted by Crippen LogP contribution is 2.35. The van der Waals surface area contributed by atoms with Crippen molar-refractivity contribution in [2.75, 3.05) is 25.1 Å². The molecule has 20 heavy (non-hydrogen) atoms. The SMILES string of the molecule is CCNc1cc(C(F)(F)F)cc(SC2CCOCC2)n1. The average Bonchev–Trinajstić information content (AvgIpc) is 2.39. The zero-order chi connectivity index (χ0) is 14.6. The lowest BCUT2D eigenvalue weighted by molar-refractivity contribution is -0.137. The summed E-state index contributed by atoms with van der Waals surface area (Å²) < 4.78 is 43.9. The van der Waals surface area contributed by atoms with E-state index >= 15 is 0 Å². The van der Waals surface area contributed by atoms with Crippen LogP contribution in [0.1, 0.15) is 25.3 Å². The Bertz CT molecular complexity index is 448. The van der Waals surface area contributed by atoms with Gasteiger partial charge in [0.2, 0.25) is 0 Å². The zero-order valence-corrected chi connectivity index (χ0v) is 12.0. The molecule has 7 heteroatoms. The molecule has 2 rings (SSSR count). The lowest BCUT2D eigenvalue weighted by Gasteiger charge is -2.21. The molecule has 0 bridgehead atoms. The number of thioether (sulfide) groups is 1. The number of hydrogen-bond acceptors (Lipinski definition) is 4. The molecule has 0 aliphatic carbocycles. The van der Waals surface area contributed by atoms with Gasteiger partial charge in [-0.05, 0) is 31.9 Å². The number of ether oxygens (including phenoxy) is 1. The van der Waals surface area contributed by atoms with Crippen molar-refractivity contribution >= 4 is 17.6 Å². The van der Waals surface area contributed by atoms with Crippen molar-refractivity contribution in [2.24, 2.45) is 0 Å².